The maximum Gasteiger partial charge on any atom is 0.270 e. The number of hydrogen-bond acceptors (Lipinski definition) is 4. The Balaban J connectivity index is 1.82. The first-order valence-corrected chi connectivity index (χ1v) is 7.96. The number of benzene rings is 2. The van der Waals surface area contributed by atoms with Crippen LogP contribution >= 0.6 is 0 Å². The molecule has 0 spiro atoms. The maximum absolute atomic E-state index is 12.8. The standard InChI is InChI=1S/C19H18N2O4/c1-25-18-8-7-16(21(23)24)13-17(18)19(22)20-11-9-15(10-12-20)14-5-3-2-4-6-14/h2-9,13H,10-12H2,1H3. The Labute approximate surface area is 145 Å². The number of amides is 1. The number of nitro benzene ring substituents is 1. The molecule has 0 atom stereocenters. The van der Waals surface area contributed by atoms with Gasteiger partial charge in [-0.3, -0.25) is 14.9 Å². The minimum Gasteiger partial charge on any atom is -0.496 e. The van der Waals surface area contributed by atoms with E-state index >= 15 is 0 Å². The van der Waals surface area contributed by atoms with E-state index in [-0.39, 0.29) is 17.2 Å². The van der Waals surface area contributed by atoms with Gasteiger partial charge in [-0.1, -0.05) is 36.4 Å². The van der Waals surface area contributed by atoms with Crippen LogP contribution < -0.4 is 4.74 Å². The minimum absolute atomic E-state index is 0.123. The molecule has 1 amide bonds. The summed E-state index contributed by atoms with van der Waals surface area (Å²) in [6.07, 6.45) is 2.77. The largest absolute Gasteiger partial charge is 0.496 e. The van der Waals surface area contributed by atoms with Crippen LogP contribution in [0.5, 0.6) is 5.75 Å². The molecule has 2 aromatic carbocycles. The Morgan fingerprint density at radius 3 is 2.56 bits per heavy atom. The van der Waals surface area contributed by atoms with Gasteiger partial charge in [-0.25, -0.2) is 0 Å². The van der Waals surface area contributed by atoms with Gasteiger partial charge in [0.05, 0.1) is 17.6 Å². The Kier molecular flexibility index (Phi) is 4.79. The van der Waals surface area contributed by atoms with Crippen molar-refractivity contribution in [1.82, 2.24) is 4.90 Å². The van der Waals surface area contributed by atoms with Gasteiger partial charge in [0.2, 0.25) is 0 Å². The zero-order valence-corrected chi connectivity index (χ0v) is 13.8. The minimum atomic E-state index is -0.514. The molecule has 1 aliphatic rings. The second-order valence-corrected chi connectivity index (χ2v) is 5.74. The lowest BCUT2D eigenvalue weighted by Gasteiger charge is -2.27. The van der Waals surface area contributed by atoms with E-state index in [9.17, 15) is 14.9 Å². The SMILES string of the molecule is COc1ccc([N+](=O)[O-])cc1C(=O)N1CC=C(c2ccccc2)CC1. The zero-order valence-electron chi connectivity index (χ0n) is 13.8. The van der Waals surface area contributed by atoms with Crippen molar-refractivity contribution in [2.45, 2.75) is 6.42 Å². The smallest absolute Gasteiger partial charge is 0.270 e. The van der Waals surface area contributed by atoms with Crippen molar-refractivity contribution in [3.8, 4) is 5.75 Å². The third-order valence-corrected chi connectivity index (χ3v) is 4.27. The summed E-state index contributed by atoms with van der Waals surface area (Å²) in [7, 11) is 1.45. The molecule has 6 nitrogen and oxygen atoms in total. The fourth-order valence-electron chi connectivity index (χ4n) is 2.92. The van der Waals surface area contributed by atoms with Crippen molar-refractivity contribution >= 4 is 17.2 Å². The quantitative estimate of drug-likeness (QED) is 0.631. The number of methoxy groups -OCH3 is 1. The molecule has 3 rings (SSSR count). The molecule has 1 heterocycles. The van der Waals surface area contributed by atoms with Gasteiger partial charge in [0, 0.05) is 25.2 Å². The highest BCUT2D eigenvalue weighted by atomic mass is 16.6. The molecule has 0 aromatic heterocycles. The molecular weight excluding hydrogens is 320 g/mol. The summed E-state index contributed by atoms with van der Waals surface area (Å²) in [5.41, 5.74) is 2.45. The third-order valence-electron chi connectivity index (χ3n) is 4.27. The molecule has 0 fully saturated rings. The van der Waals surface area contributed by atoms with E-state index in [0.717, 1.165) is 12.0 Å². The van der Waals surface area contributed by atoms with Gasteiger partial charge in [0.25, 0.3) is 11.6 Å². The van der Waals surface area contributed by atoms with E-state index in [1.165, 1.54) is 30.9 Å². The number of non-ortho nitro benzene ring substituents is 1. The van der Waals surface area contributed by atoms with Gasteiger partial charge in [-0.15, -0.1) is 0 Å². The first kappa shape index (κ1) is 16.7. The van der Waals surface area contributed by atoms with Crippen LogP contribution in [0.2, 0.25) is 0 Å². The van der Waals surface area contributed by atoms with Crippen molar-refractivity contribution in [3.63, 3.8) is 0 Å². The monoisotopic (exact) mass is 338 g/mol. The lowest BCUT2D eigenvalue weighted by Crippen LogP contribution is -2.34. The lowest BCUT2D eigenvalue weighted by atomic mass is 9.99. The van der Waals surface area contributed by atoms with Gasteiger partial charge >= 0.3 is 0 Å². The molecule has 128 valence electrons. The zero-order chi connectivity index (χ0) is 17.8. The number of nitrogens with zero attached hydrogens (tertiary/aromatic N) is 2. The van der Waals surface area contributed by atoms with Crippen molar-refractivity contribution in [2.75, 3.05) is 20.2 Å². The Bertz CT molecular complexity index is 831. The molecule has 0 aliphatic carbocycles. The summed E-state index contributed by atoms with van der Waals surface area (Å²) >= 11 is 0. The first-order valence-electron chi connectivity index (χ1n) is 7.96. The normalized spacial score (nSPS) is 14.0. The topological polar surface area (TPSA) is 72.7 Å². The number of nitro groups is 1. The molecule has 0 bridgehead atoms. The summed E-state index contributed by atoms with van der Waals surface area (Å²) in [5.74, 6) is 0.0809. The Hall–Kier alpha value is -3.15. The molecule has 0 N–H and O–H groups in total. The van der Waals surface area contributed by atoms with E-state index in [4.69, 9.17) is 4.74 Å². The summed E-state index contributed by atoms with van der Waals surface area (Å²) in [6.45, 7) is 1.03. The summed E-state index contributed by atoms with van der Waals surface area (Å²) in [4.78, 5) is 24.9. The van der Waals surface area contributed by atoms with Crippen LogP contribution in [0.3, 0.4) is 0 Å². The van der Waals surface area contributed by atoms with Crippen molar-refractivity contribution in [3.05, 3.63) is 75.8 Å². The number of carbonyl (C=O) groups excluding carboxylic acids is 1. The molecule has 0 unspecified atom stereocenters. The average Bonchev–Trinajstić information content (AvgIpc) is 2.67. The van der Waals surface area contributed by atoms with Crippen LogP contribution in [0.4, 0.5) is 5.69 Å². The fourth-order valence-corrected chi connectivity index (χ4v) is 2.92. The highest BCUT2D eigenvalue weighted by molar-refractivity contribution is 5.98. The number of carbonyl (C=O) groups is 1. The van der Waals surface area contributed by atoms with Crippen LogP contribution in [-0.4, -0.2) is 35.9 Å². The van der Waals surface area contributed by atoms with E-state index in [1.54, 1.807) is 4.90 Å². The summed E-state index contributed by atoms with van der Waals surface area (Å²) < 4.78 is 5.20. The molecule has 0 saturated heterocycles. The van der Waals surface area contributed by atoms with E-state index in [2.05, 4.69) is 0 Å². The number of rotatable bonds is 4. The van der Waals surface area contributed by atoms with Crippen LogP contribution in [0.15, 0.2) is 54.6 Å². The average molecular weight is 338 g/mol. The molecule has 6 heteroatoms. The Morgan fingerprint density at radius 2 is 1.96 bits per heavy atom. The van der Waals surface area contributed by atoms with Gasteiger partial charge in [0.1, 0.15) is 5.75 Å². The second kappa shape index (κ2) is 7.17. The van der Waals surface area contributed by atoms with Gasteiger partial charge in [-0.2, -0.15) is 0 Å². The highest BCUT2D eigenvalue weighted by Crippen LogP contribution is 2.28. The van der Waals surface area contributed by atoms with Crippen LogP contribution in [-0.2, 0) is 0 Å². The third kappa shape index (κ3) is 3.52. The molecule has 2 aromatic rings. The molecular formula is C19H18N2O4. The molecule has 25 heavy (non-hydrogen) atoms. The molecule has 0 radical (unpaired) electrons. The Morgan fingerprint density at radius 1 is 1.20 bits per heavy atom. The first-order chi connectivity index (χ1) is 12.1. The fraction of sp³-hybridized carbons (Fsp3) is 0.211. The number of ether oxygens (including phenoxy) is 1. The maximum atomic E-state index is 12.8. The van der Waals surface area contributed by atoms with Gasteiger partial charge < -0.3 is 9.64 Å². The van der Waals surface area contributed by atoms with Crippen LogP contribution in [0.1, 0.15) is 22.3 Å². The lowest BCUT2D eigenvalue weighted by molar-refractivity contribution is -0.384. The summed E-state index contributed by atoms with van der Waals surface area (Å²) in [5, 5.41) is 11.0. The van der Waals surface area contributed by atoms with Crippen molar-refractivity contribution in [1.29, 1.82) is 0 Å². The highest BCUT2D eigenvalue weighted by Gasteiger charge is 2.24. The predicted molar refractivity (Wildman–Crippen MR) is 94.6 cm³/mol. The van der Waals surface area contributed by atoms with E-state index < -0.39 is 4.92 Å². The predicted octanol–water partition coefficient (Wildman–Crippen LogP) is 3.53. The van der Waals surface area contributed by atoms with Crippen LogP contribution in [0, 0.1) is 10.1 Å². The molecule has 1 aliphatic heterocycles. The molecule has 0 saturated carbocycles. The van der Waals surface area contributed by atoms with Gasteiger partial charge in [-0.05, 0) is 23.6 Å². The second-order valence-electron chi connectivity index (χ2n) is 5.74. The van der Waals surface area contributed by atoms with Crippen molar-refractivity contribution < 1.29 is 14.5 Å². The van der Waals surface area contributed by atoms with Crippen LogP contribution in [0.25, 0.3) is 5.57 Å². The van der Waals surface area contributed by atoms with Gasteiger partial charge in [0.15, 0.2) is 0 Å². The number of hydrogen-bond donors (Lipinski definition) is 0. The van der Waals surface area contributed by atoms with E-state index in [1.807, 2.05) is 36.4 Å². The summed E-state index contributed by atoms with van der Waals surface area (Å²) in [6, 6.07) is 14.1. The van der Waals surface area contributed by atoms with Crippen molar-refractivity contribution in [2.24, 2.45) is 0 Å². The van der Waals surface area contributed by atoms with E-state index in [0.29, 0.717) is 18.8 Å².